The van der Waals surface area contributed by atoms with Gasteiger partial charge in [-0.2, -0.15) is 5.26 Å². The summed E-state index contributed by atoms with van der Waals surface area (Å²) in [6, 6.07) is 6.47. The minimum atomic E-state index is 0.422. The van der Waals surface area contributed by atoms with Crippen LogP contribution in [0, 0.1) is 17.2 Å². The summed E-state index contributed by atoms with van der Waals surface area (Å²) in [5.41, 5.74) is 3.12. The highest BCUT2D eigenvalue weighted by Crippen LogP contribution is 2.29. The molecule has 2 heterocycles. The van der Waals surface area contributed by atoms with E-state index in [0.29, 0.717) is 23.0 Å². The van der Waals surface area contributed by atoms with Crippen molar-refractivity contribution in [2.24, 2.45) is 5.92 Å². The summed E-state index contributed by atoms with van der Waals surface area (Å²) in [4.78, 5) is 11.2. The summed E-state index contributed by atoms with van der Waals surface area (Å²) in [7, 11) is 1.72. The molecule has 0 radical (unpaired) electrons. The number of nitrogens with one attached hydrogen (secondary N) is 1. The topological polar surface area (TPSA) is 74.1 Å². The fourth-order valence-corrected chi connectivity index (χ4v) is 3.45. The first kappa shape index (κ1) is 16.6. The number of hydrogen-bond acceptors (Lipinski definition) is 6. The molecule has 126 valence electrons. The molecular formula is C18H23N5O. The van der Waals surface area contributed by atoms with Crippen LogP contribution in [0.4, 0.5) is 5.69 Å². The van der Waals surface area contributed by atoms with Crippen LogP contribution in [0.5, 0.6) is 0 Å². The quantitative estimate of drug-likeness (QED) is 0.847. The molecule has 0 unspecified atom stereocenters. The Balaban J connectivity index is 1.88. The van der Waals surface area contributed by atoms with Crippen LogP contribution in [0.2, 0.25) is 0 Å². The van der Waals surface area contributed by atoms with E-state index in [1.807, 2.05) is 12.1 Å². The Bertz CT molecular complexity index is 742. The Kier molecular flexibility index (Phi) is 5.24. The molecule has 0 spiro atoms. The minimum absolute atomic E-state index is 0.422. The zero-order chi connectivity index (χ0) is 16.9. The van der Waals surface area contributed by atoms with Gasteiger partial charge in [0.05, 0.1) is 17.9 Å². The van der Waals surface area contributed by atoms with Crippen LogP contribution < -0.4 is 10.2 Å². The third kappa shape index (κ3) is 3.48. The lowest BCUT2D eigenvalue weighted by molar-refractivity contribution is 0.192. The Hall–Kier alpha value is -2.23. The van der Waals surface area contributed by atoms with Gasteiger partial charge in [0.25, 0.3) is 0 Å². The number of hydrogen-bond donors (Lipinski definition) is 1. The number of nitrogens with zero attached hydrogens (tertiary/aromatic N) is 4. The number of piperidine rings is 1. The highest BCUT2D eigenvalue weighted by molar-refractivity contribution is 5.92. The van der Waals surface area contributed by atoms with Crippen molar-refractivity contribution in [3.63, 3.8) is 0 Å². The molecule has 6 nitrogen and oxygen atoms in total. The molecule has 3 rings (SSSR count). The van der Waals surface area contributed by atoms with E-state index in [0.717, 1.165) is 43.9 Å². The first-order valence-electron chi connectivity index (χ1n) is 8.34. The van der Waals surface area contributed by atoms with E-state index in [2.05, 4.69) is 33.2 Å². The summed E-state index contributed by atoms with van der Waals surface area (Å²) in [6.07, 6.45) is 4.48. The lowest BCUT2D eigenvalue weighted by Crippen LogP contribution is -2.49. The largest absolute Gasteiger partial charge is 0.383 e. The lowest BCUT2D eigenvalue weighted by atomic mass is 9.95. The van der Waals surface area contributed by atoms with E-state index in [1.54, 1.807) is 19.5 Å². The lowest BCUT2D eigenvalue weighted by Gasteiger charge is -2.38. The molecule has 1 aromatic carbocycles. The summed E-state index contributed by atoms with van der Waals surface area (Å²) < 4.78 is 5.13. The number of aromatic nitrogens is 2. The molecule has 1 aromatic heterocycles. The Labute approximate surface area is 142 Å². The van der Waals surface area contributed by atoms with Gasteiger partial charge in [-0.05, 0) is 24.5 Å². The zero-order valence-electron chi connectivity index (χ0n) is 14.2. The van der Waals surface area contributed by atoms with Gasteiger partial charge in [-0.1, -0.05) is 6.92 Å². The number of anilines is 1. The molecule has 1 fully saturated rings. The Morgan fingerprint density at radius 3 is 2.83 bits per heavy atom. The van der Waals surface area contributed by atoms with Gasteiger partial charge in [0.2, 0.25) is 0 Å². The van der Waals surface area contributed by atoms with E-state index >= 15 is 0 Å². The Morgan fingerprint density at radius 2 is 2.08 bits per heavy atom. The average Bonchev–Trinajstić information content (AvgIpc) is 2.60. The number of fused-ring (bicyclic) bond motifs is 1. The van der Waals surface area contributed by atoms with Crippen molar-refractivity contribution in [1.29, 1.82) is 5.26 Å². The second-order valence-electron chi connectivity index (χ2n) is 6.39. The van der Waals surface area contributed by atoms with Gasteiger partial charge in [0.1, 0.15) is 17.1 Å². The van der Waals surface area contributed by atoms with Crippen molar-refractivity contribution < 1.29 is 4.74 Å². The van der Waals surface area contributed by atoms with Gasteiger partial charge in [0, 0.05) is 45.2 Å². The normalized spacial score (nSPS) is 21.0. The van der Waals surface area contributed by atoms with E-state index in [1.165, 1.54) is 0 Å². The van der Waals surface area contributed by atoms with Gasteiger partial charge in [0.15, 0.2) is 0 Å². The van der Waals surface area contributed by atoms with Crippen molar-refractivity contribution in [2.75, 3.05) is 38.3 Å². The van der Waals surface area contributed by atoms with Crippen molar-refractivity contribution in [3.05, 3.63) is 30.1 Å². The van der Waals surface area contributed by atoms with Crippen molar-refractivity contribution in [3.8, 4) is 6.07 Å². The van der Waals surface area contributed by atoms with Crippen LogP contribution in [-0.2, 0) is 4.74 Å². The molecule has 2 aromatic rings. The molecule has 0 amide bonds. The maximum atomic E-state index is 9.29. The minimum Gasteiger partial charge on any atom is -0.383 e. The van der Waals surface area contributed by atoms with Gasteiger partial charge >= 0.3 is 0 Å². The summed E-state index contributed by atoms with van der Waals surface area (Å²) in [5.74, 6) is 0.584. The molecule has 0 bridgehead atoms. The number of methoxy groups -OCH3 is 1. The number of benzene rings is 1. The van der Waals surface area contributed by atoms with Crippen LogP contribution in [0.25, 0.3) is 11.0 Å². The van der Waals surface area contributed by atoms with E-state index in [4.69, 9.17) is 4.74 Å². The zero-order valence-corrected chi connectivity index (χ0v) is 14.2. The number of nitriles is 1. The second kappa shape index (κ2) is 7.56. The van der Waals surface area contributed by atoms with Crippen molar-refractivity contribution >= 4 is 16.7 Å². The van der Waals surface area contributed by atoms with Crippen LogP contribution in [-0.4, -0.2) is 49.4 Å². The molecule has 1 aliphatic rings. The molecule has 0 aliphatic carbocycles. The molecule has 24 heavy (non-hydrogen) atoms. The maximum absolute atomic E-state index is 9.29. The predicted octanol–water partition coefficient (Wildman–Crippen LogP) is 1.95. The summed E-state index contributed by atoms with van der Waals surface area (Å²) in [5, 5.41) is 12.9. The SMILES string of the molecule is COCCN[C@@H]1C[C@H](C)CN(c2ccc(C#N)c3nccnc23)C1. The first-order chi connectivity index (χ1) is 11.7. The number of rotatable bonds is 5. The van der Waals surface area contributed by atoms with E-state index in [-0.39, 0.29) is 0 Å². The smallest absolute Gasteiger partial charge is 0.113 e. The van der Waals surface area contributed by atoms with E-state index in [9.17, 15) is 5.26 Å². The molecule has 1 aliphatic heterocycles. The number of ether oxygens (including phenoxy) is 1. The van der Waals surface area contributed by atoms with E-state index < -0.39 is 0 Å². The highest BCUT2D eigenvalue weighted by Gasteiger charge is 2.26. The van der Waals surface area contributed by atoms with Gasteiger partial charge in [-0.25, -0.2) is 0 Å². The van der Waals surface area contributed by atoms with Gasteiger partial charge < -0.3 is 15.0 Å². The summed E-state index contributed by atoms with van der Waals surface area (Å²) >= 11 is 0. The maximum Gasteiger partial charge on any atom is 0.113 e. The van der Waals surface area contributed by atoms with Gasteiger partial charge in [-0.3, -0.25) is 9.97 Å². The molecule has 6 heteroatoms. The Morgan fingerprint density at radius 1 is 1.29 bits per heavy atom. The molecule has 2 atom stereocenters. The van der Waals surface area contributed by atoms with Gasteiger partial charge in [-0.15, -0.1) is 0 Å². The first-order valence-corrected chi connectivity index (χ1v) is 8.34. The third-order valence-electron chi connectivity index (χ3n) is 4.46. The monoisotopic (exact) mass is 325 g/mol. The fraction of sp³-hybridized carbons (Fsp3) is 0.500. The predicted molar refractivity (Wildman–Crippen MR) is 93.9 cm³/mol. The standard InChI is InChI=1S/C18H23N5O/c1-13-9-15(20-7-8-24-2)12-23(11-13)16-4-3-14(10-19)17-18(16)22-6-5-21-17/h3-6,13,15,20H,7-9,11-12H2,1-2H3/t13-,15+/m0/s1. The highest BCUT2D eigenvalue weighted by atomic mass is 16.5. The second-order valence-corrected chi connectivity index (χ2v) is 6.39. The van der Waals surface area contributed by atoms with Crippen LogP contribution in [0.3, 0.4) is 0 Å². The van der Waals surface area contributed by atoms with Crippen LogP contribution >= 0.6 is 0 Å². The van der Waals surface area contributed by atoms with Crippen LogP contribution in [0.1, 0.15) is 18.9 Å². The van der Waals surface area contributed by atoms with Crippen LogP contribution in [0.15, 0.2) is 24.5 Å². The molecular weight excluding hydrogens is 302 g/mol. The molecule has 1 saturated heterocycles. The van der Waals surface area contributed by atoms with Crippen molar-refractivity contribution in [1.82, 2.24) is 15.3 Å². The fourth-order valence-electron chi connectivity index (χ4n) is 3.45. The van der Waals surface area contributed by atoms with Crippen molar-refractivity contribution in [2.45, 2.75) is 19.4 Å². The molecule has 1 N–H and O–H groups in total. The molecule has 0 saturated carbocycles. The average molecular weight is 325 g/mol. The third-order valence-corrected chi connectivity index (χ3v) is 4.46. The summed E-state index contributed by atoms with van der Waals surface area (Å²) in [6.45, 7) is 5.76.